The fourth-order valence-corrected chi connectivity index (χ4v) is 3.93. The number of rotatable bonds is 6. The van der Waals surface area contributed by atoms with Gasteiger partial charge in [-0.3, -0.25) is 9.88 Å². The maximum Gasteiger partial charge on any atom is 0.319 e. The molecule has 1 aliphatic rings. The van der Waals surface area contributed by atoms with Gasteiger partial charge in [0, 0.05) is 17.5 Å². The van der Waals surface area contributed by atoms with E-state index in [-0.39, 0.29) is 12.1 Å². The summed E-state index contributed by atoms with van der Waals surface area (Å²) in [5.74, 6) is 0.852. The molecule has 0 spiro atoms. The van der Waals surface area contributed by atoms with Gasteiger partial charge in [-0.1, -0.05) is 36.4 Å². The van der Waals surface area contributed by atoms with Crippen molar-refractivity contribution in [3.05, 3.63) is 66.4 Å². The van der Waals surface area contributed by atoms with Gasteiger partial charge in [-0.25, -0.2) is 4.79 Å². The lowest BCUT2D eigenvalue weighted by Crippen LogP contribution is -2.38. The number of ether oxygens (including phenoxy) is 1. The molecule has 2 amide bonds. The van der Waals surface area contributed by atoms with Gasteiger partial charge in [0.25, 0.3) is 0 Å². The molecule has 1 aliphatic heterocycles. The van der Waals surface area contributed by atoms with Gasteiger partial charge >= 0.3 is 6.03 Å². The first-order valence-corrected chi connectivity index (χ1v) is 10.0. The van der Waals surface area contributed by atoms with Crippen molar-refractivity contribution >= 4 is 22.6 Å². The summed E-state index contributed by atoms with van der Waals surface area (Å²) in [7, 11) is 1.69. The molecule has 1 saturated heterocycles. The molecule has 0 unspecified atom stereocenters. The molecule has 0 radical (unpaired) electrons. The molecular weight excluding hydrogens is 364 g/mol. The zero-order valence-electron chi connectivity index (χ0n) is 16.6. The molecule has 0 saturated carbocycles. The van der Waals surface area contributed by atoms with Crippen LogP contribution >= 0.6 is 0 Å². The zero-order valence-corrected chi connectivity index (χ0v) is 16.6. The first-order chi connectivity index (χ1) is 14.2. The Labute approximate surface area is 170 Å². The number of anilines is 1. The third-order valence-electron chi connectivity index (χ3n) is 5.38. The highest BCUT2D eigenvalue weighted by molar-refractivity contribution is 5.92. The second kappa shape index (κ2) is 8.92. The van der Waals surface area contributed by atoms with Crippen molar-refractivity contribution in [2.24, 2.45) is 0 Å². The Bertz CT molecular complexity index is 985. The van der Waals surface area contributed by atoms with E-state index in [0.717, 1.165) is 35.3 Å². The maximum atomic E-state index is 12.6. The predicted octanol–water partition coefficient (Wildman–Crippen LogP) is 4.20. The van der Waals surface area contributed by atoms with Crippen LogP contribution in [0.5, 0.6) is 5.75 Å². The predicted molar refractivity (Wildman–Crippen MR) is 115 cm³/mol. The Kier molecular flexibility index (Phi) is 5.91. The number of pyridine rings is 1. The number of nitrogens with zero attached hydrogens (tertiary/aromatic N) is 2. The third-order valence-corrected chi connectivity index (χ3v) is 5.38. The van der Waals surface area contributed by atoms with Crippen LogP contribution in [-0.2, 0) is 0 Å². The number of urea groups is 1. The summed E-state index contributed by atoms with van der Waals surface area (Å²) in [6, 6.07) is 17.7. The largest absolute Gasteiger partial charge is 0.496 e. The van der Waals surface area contributed by atoms with Gasteiger partial charge in [0.15, 0.2) is 0 Å². The second-order valence-electron chi connectivity index (χ2n) is 7.25. The molecule has 1 atom stereocenters. The molecule has 4 rings (SSSR count). The van der Waals surface area contributed by atoms with E-state index in [1.54, 1.807) is 13.3 Å². The molecule has 6 nitrogen and oxygen atoms in total. The molecule has 2 aromatic carbocycles. The number of methoxy groups -OCH3 is 1. The van der Waals surface area contributed by atoms with Crippen molar-refractivity contribution in [3.63, 3.8) is 0 Å². The van der Waals surface area contributed by atoms with E-state index in [4.69, 9.17) is 4.74 Å². The number of nitrogens with one attached hydrogen (secondary N) is 2. The lowest BCUT2D eigenvalue weighted by molar-refractivity contribution is 0.224. The Hall–Kier alpha value is -3.12. The zero-order chi connectivity index (χ0) is 20.1. The van der Waals surface area contributed by atoms with Gasteiger partial charge in [-0.15, -0.1) is 0 Å². The quantitative estimate of drug-likeness (QED) is 0.662. The maximum absolute atomic E-state index is 12.6. The number of fused-ring (bicyclic) bond motifs is 1. The topological polar surface area (TPSA) is 66.5 Å². The van der Waals surface area contributed by atoms with E-state index in [1.807, 2.05) is 48.5 Å². The van der Waals surface area contributed by atoms with Gasteiger partial charge in [0.1, 0.15) is 5.75 Å². The van der Waals surface area contributed by atoms with E-state index in [9.17, 15) is 4.79 Å². The summed E-state index contributed by atoms with van der Waals surface area (Å²) < 4.78 is 5.57. The standard InChI is InChI=1S/C23H26N4O2/c1-29-22-11-5-3-9-19(22)21(27-12-6-7-13-27)16-25-23(28)26-18-14-17-8-2-4-10-20(17)24-15-18/h2-5,8-11,14-15,21H,6-7,12-13,16H2,1H3,(H2,25,26,28)/t21-/m0/s1. The number of carbonyl (C=O) groups excluding carboxylic acids is 1. The monoisotopic (exact) mass is 390 g/mol. The van der Waals surface area contributed by atoms with Gasteiger partial charge < -0.3 is 15.4 Å². The van der Waals surface area contributed by atoms with E-state index < -0.39 is 0 Å². The minimum Gasteiger partial charge on any atom is -0.496 e. The molecule has 2 N–H and O–H groups in total. The van der Waals surface area contributed by atoms with Crippen molar-refractivity contribution in [2.75, 3.05) is 32.1 Å². The lowest BCUT2D eigenvalue weighted by Gasteiger charge is -2.29. The van der Waals surface area contributed by atoms with Crippen LogP contribution in [0.15, 0.2) is 60.8 Å². The van der Waals surface area contributed by atoms with Crippen molar-refractivity contribution in [3.8, 4) is 5.75 Å². The minimum atomic E-state index is -0.235. The van der Waals surface area contributed by atoms with E-state index in [0.29, 0.717) is 12.2 Å². The Balaban J connectivity index is 1.45. The van der Waals surface area contributed by atoms with Crippen LogP contribution < -0.4 is 15.4 Å². The van der Waals surface area contributed by atoms with Crippen LogP contribution in [0.25, 0.3) is 10.9 Å². The highest BCUT2D eigenvalue weighted by Crippen LogP contribution is 2.31. The fraction of sp³-hybridized carbons (Fsp3) is 0.304. The molecule has 29 heavy (non-hydrogen) atoms. The molecule has 6 heteroatoms. The molecule has 150 valence electrons. The summed E-state index contributed by atoms with van der Waals surface area (Å²) in [6.45, 7) is 2.56. The molecule has 0 aliphatic carbocycles. The summed E-state index contributed by atoms with van der Waals surface area (Å²) in [6.07, 6.45) is 4.04. The number of hydrogen-bond donors (Lipinski definition) is 2. The second-order valence-corrected chi connectivity index (χ2v) is 7.25. The van der Waals surface area contributed by atoms with Crippen LogP contribution in [0, 0.1) is 0 Å². The smallest absolute Gasteiger partial charge is 0.319 e. The molecule has 2 heterocycles. The SMILES string of the molecule is COc1ccccc1[C@H](CNC(=O)Nc1cnc2ccccc2c1)N1CCCC1. The van der Waals surface area contributed by atoms with Crippen LogP contribution in [0.4, 0.5) is 10.5 Å². The number of para-hydroxylation sites is 2. The van der Waals surface area contributed by atoms with Crippen LogP contribution in [0.2, 0.25) is 0 Å². The lowest BCUT2D eigenvalue weighted by atomic mass is 10.0. The van der Waals surface area contributed by atoms with Gasteiger partial charge in [-0.05, 0) is 44.1 Å². The molecule has 1 aromatic heterocycles. The first kappa shape index (κ1) is 19.2. The Morgan fingerprint density at radius 3 is 2.72 bits per heavy atom. The van der Waals surface area contributed by atoms with E-state index >= 15 is 0 Å². The van der Waals surface area contributed by atoms with Gasteiger partial charge in [0.2, 0.25) is 0 Å². The molecule has 0 bridgehead atoms. The highest BCUT2D eigenvalue weighted by atomic mass is 16.5. The normalized spacial score (nSPS) is 15.2. The molecular formula is C23H26N4O2. The van der Waals surface area contributed by atoms with E-state index in [2.05, 4.69) is 26.6 Å². The van der Waals surface area contributed by atoms with Gasteiger partial charge in [0.05, 0.1) is 30.6 Å². The van der Waals surface area contributed by atoms with Gasteiger partial charge in [-0.2, -0.15) is 0 Å². The summed E-state index contributed by atoms with van der Waals surface area (Å²) in [5, 5.41) is 6.92. The molecule has 1 fully saturated rings. The Morgan fingerprint density at radius 1 is 1.14 bits per heavy atom. The average molecular weight is 390 g/mol. The molecule has 3 aromatic rings. The average Bonchev–Trinajstić information content (AvgIpc) is 3.29. The Morgan fingerprint density at radius 2 is 1.90 bits per heavy atom. The number of amides is 2. The first-order valence-electron chi connectivity index (χ1n) is 10.0. The summed E-state index contributed by atoms with van der Waals surface area (Å²) in [5.41, 5.74) is 2.68. The number of aromatic nitrogens is 1. The number of carbonyl (C=O) groups is 1. The van der Waals surface area contributed by atoms with Crippen molar-refractivity contribution < 1.29 is 9.53 Å². The third kappa shape index (κ3) is 4.49. The fourth-order valence-electron chi connectivity index (χ4n) is 3.93. The van der Waals surface area contributed by atoms with Crippen molar-refractivity contribution in [1.29, 1.82) is 0 Å². The summed E-state index contributed by atoms with van der Waals surface area (Å²) in [4.78, 5) is 19.4. The van der Waals surface area contributed by atoms with Crippen LogP contribution in [-0.4, -0.2) is 42.7 Å². The van der Waals surface area contributed by atoms with Crippen LogP contribution in [0.1, 0.15) is 24.4 Å². The van der Waals surface area contributed by atoms with Crippen molar-refractivity contribution in [2.45, 2.75) is 18.9 Å². The number of hydrogen-bond acceptors (Lipinski definition) is 4. The van der Waals surface area contributed by atoms with Crippen LogP contribution in [0.3, 0.4) is 0 Å². The van der Waals surface area contributed by atoms with E-state index in [1.165, 1.54) is 12.8 Å². The highest BCUT2D eigenvalue weighted by Gasteiger charge is 2.26. The number of benzene rings is 2. The minimum absolute atomic E-state index is 0.0779. The van der Waals surface area contributed by atoms with Crippen molar-refractivity contribution in [1.82, 2.24) is 15.2 Å². The number of likely N-dealkylation sites (tertiary alicyclic amines) is 1. The summed E-state index contributed by atoms with van der Waals surface area (Å²) >= 11 is 0.